The summed E-state index contributed by atoms with van der Waals surface area (Å²) in [5.74, 6) is 0.108. The van der Waals surface area contributed by atoms with Crippen LogP contribution in [0.15, 0.2) is 24.3 Å². The van der Waals surface area contributed by atoms with Gasteiger partial charge in [-0.15, -0.1) is 0 Å². The molecule has 0 amide bonds. The van der Waals surface area contributed by atoms with Crippen molar-refractivity contribution in [3.8, 4) is 5.75 Å². The average molecular weight is 290 g/mol. The number of esters is 1. The van der Waals surface area contributed by atoms with Gasteiger partial charge < -0.3 is 18.3 Å². The van der Waals surface area contributed by atoms with Gasteiger partial charge in [0.25, 0.3) is 0 Å². The minimum absolute atomic E-state index is 0.339. The molecule has 0 aliphatic rings. The normalized spacial score (nSPS) is 11.1. The third kappa shape index (κ3) is 4.07. The first-order chi connectivity index (χ1) is 8.54. The van der Waals surface area contributed by atoms with E-state index in [1.54, 1.807) is 31.2 Å². The molecule has 0 bridgehead atoms. The summed E-state index contributed by atoms with van der Waals surface area (Å²) in [5, 5.41) is 0. The minimum atomic E-state index is -2.74. The van der Waals surface area contributed by atoms with E-state index >= 15 is 0 Å². The van der Waals surface area contributed by atoms with E-state index in [9.17, 15) is 4.79 Å². The van der Waals surface area contributed by atoms with Crippen LogP contribution in [0.5, 0.6) is 5.75 Å². The van der Waals surface area contributed by atoms with Gasteiger partial charge in [-0.2, -0.15) is 0 Å². The van der Waals surface area contributed by atoms with E-state index in [1.165, 1.54) is 14.2 Å². The standard InChI is InChI=1S/C11H15O5PS/c1-4-15-11(12)9-5-7-10(8-6-9)16-17(18,13-2)14-3/h5-8H,4H2,1-3H3. The topological polar surface area (TPSA) is 54.0 Å². The molecule has 5 nitrogen and oxygen atoms in total. The van der Waals surface area contributed by atoms with Crippen LogP contribution in [0.1, 0.15) is 17.3 Å². The van der Waals surface area contributed by atoms with Crippen molar-refractivity contribution in [1.82, 2.24) is 0 Å². The summed E-state index contributed by atoms with van der Waals surface area (Å²) >= 11 is 5.07. The van der Waals surface area contributed by atoms with Crippen LogP contribution in [0, 0.1) is 0 Å². The SMILES string of the molecule is CCOC(=O)c1ccc(OP(=S)(OC)OC)cc1. The Labute approximate surface area is 111 Å². The second-order valence-corrected chi connectivity index (χ2v) is 6.30. The fourth-order valence-electron chi connectivity index (χ4n) is 1.14. The molecule has 0 fully saturated rings. The Morgan fingerprint density at radius 3 is 2.22 bits per heavy atom. The molecule has 100 valence electrons. The van der Waals surface area contributed by atoms with Gasteiger partial charge in [0.1, 0.15) is 5.75 Å². The Morgan fingerprint density at radius 2 is 1.78 bits per heavy atom. The summed E-state index contributed by atoms with van der Waals surface area (Å²) in [4.78, 5) is 11.4. The zero-order valence-electron chi connectivity index (χ0n) is 10.4. The monoisotopic (exact) mass is 290 g/mol. The van der Waals surface area contributed by atoms with Crippen molar-refractivity contribution >= 4 is 24.5 Å². The van der Waals surface area contributed by atoms with E-state index in [0.29, 0.717) is 17.9 Å². The van der Waals surface area contributed by atoms with Crippen LogP contribution in [-0.4, -0.2) is 26.8 Å². The summed E-state index contributed by atoms with van der Waals surface area (Å²) in [6.45, 7) is -0.646. The number of hydrogen-bond acceptors (Lipinski definition) is 6. The van der Waals surface area contributed by atoms with Crippen molar-refractivity contribution in [2.75, 3.05) is 20.8 Å². The van der Waals surface area contributed by atoms with Crippen molar-refractivity contribution in [1.29, 1.82) is 0 Å². The molecule has 1 aromatic rings. The second-order valence-electron chi connectivity index (χ2n) is 3.15. The third-order valence-electron chi connectivity index (χ3n) is 2.03. The molecule has 0 aliphatic carbocycles. The molecule has 0 radical (unpaired) electrons. The van der Waals surface area contributed by atoms with Crippen molar-refractivity contribution < 1.29 is 23.1 Å². The minimum Gasteiger partial charge on any atom is -0.462 e. The third-order valence-corrected chi connectivity index (χ3v) is 4.48. The van der Waals surface area contributed by atoms with E-state index in [-0.39, 0.29) is 5.97 Å². The summed E-state index contributed by atoms with van der Waals surface area (Å²) in [6.07, 6.45) is 0. The van der Waals surface area contributed by atoms with Crippen molar-refractivity contribution in [2.45, 2.75) is 6.92 Å². The molecule has 7 heteroatoms. The molecule has 1 aromatic carbocycles. The zero-order chi connectivity index (χ0) is 13.6. The Balaban J connectivity index is 2.77. The number of carbonyl (C=O) groups excluding carboxylic acids is 1. The van der Waals surface area contributed by atoms with Gasteiger partial charge in [-0.25, -0.2) is 4.79 Å². The van der Waals surface area contributed by atoms with Crippen LogP contribution in [0.4, 0.5) is 0 Å². The van der Waals surface area contributed by atoms with Crippen LogP contribution < -0.4 is 4.52 Å². The molecule has 0 atom stereocenters. The molecule has 0 saturated carbocycles. The molecule has 1 rings (SSSR count). The molecular formula is C11H15O5PS. The lowest BCUT2D eigenvalue weighted by atomic mass is 10.2. The van der Waals surface area contributed by atoms with Crippen LogP contribution >= 0.6 is 6.72 Å². The molecule has 0 saturated heterocycles. The van der Waals surface area contributed by atoms with Crippen LogP contribution in [0.3, 0.4) is 0 Å². The van der Waals surface area contributed by atoms with Gasteiger partial charge in [0.05, 0.1) is 12.2 Å². The molecular weight excluding hydrogens is 275 g/mol. The van der Waals surface area contributed by atoms with E-state index < -0.39 is 6.72 Å². The first kappa shape index (κ1) is 15.1. The van der Waals surface area contributed by atoms with Gasteiger partial charge in [-0.1, -0.05) is 0 Å². The molecule has 0 N–H and O–H groups in total. The summed E-state index contributed by atoms with van der Waals surface area (Å²) < 4.78 is 20.3. The summed E-state index contributed by atoms with van der Waals surface area (Å²) in [7, 11) is 2.86. The van der Waals surface area contributed by atoms with Gasteiger partial charge >= 0.3 is 12.7 Å². The lowest BCUT2D eigenvalue weighted by Crippen LogP contribution is -2.04. The predicted octanol–water partition coefficient (Wildman–Crippen LogP) is 2.76. The summed E-state index contributed by atoms with van der Waals surface area (Å²) in [6, 6.07) is 6.42. The average Bonchev–Trinajstić information content (AvgIpc) is 2.39. The Kier molecular flexibility index (Phi) is 5.75. The Bertz CT molecular complexity index is 437. The molecule has 0 heterocycles. The van der Waals surface area contributed by atoms with E-state index in [0.717, 1.165) is 0 Å². The Morgan fingerprint density at radius 1 is 1.22 bits per heavy atom. The van der Waals surface area contributed by atoms with Gasteiger partial charge in [0.2, 0.25) is 0 Å². The van der Waals surface area contributed by atoms with Crippen LogP contribution in [0.2, 0.25) is 0 Å². The lowest BCUT2D eigenvalue weighted by Gasteiger charge is -2.18. The number of rotatable bonds is 6. The highest BCUT2D eigenvalue weighted by Crippen LogP contribution is 2.48. The quantitative estimate of drug-likeness (QED) is 0.593. The summed E-state index contributed by atoms with van der Waals surface area (Å²) in [5.41, 5.74) is 0.451. The van der Waals surface area contributed by atoms with Gasteiger partial charge in [0.15, 0.2) is 0 Å². The molecule has 0 aliphatic heterocycles. The second kappa shape index (κ2) is 6.85. The number of ether oxygens (including phenoxy) is 1. The molecule has 0 aromatic heterocycles. The van der Waals surface area contributed by atoms with Gasteiger partial charge in [-0.3, -0.25) is 0 Å². The zero-order valence-corrected chi connectivity index (χ0v) is 12.1. The maximum Gasteiger partial charge on any atom is 0.380 e. The van der Waals surface area contributed by atoms with Crippen molar-refractivity contribution in [3.63, 3.8) is 0 Å². The fraction of sp³-hybridized carbons (Fsp3) is 0.364. The Hall–Kier alpha value is -0.940. The smallest absolute Gasteiger partial charge is 0.380 e. The van der Waals surface area contributed by atoms with Crippen molar-refractivity contribution in [2.24, 2.45) is 0 Å². The largest absolute Gasteiger partial charge is 0.462 e. The number of benzene rings is 1. The van der Waals surface area contributed by atoms with Gasteiger partial charge in [-0.05, 0) is 31.2 Å². The molecule has 0 spiro atoms. The molecule has 0 unspecified atom stereocenters. The van der Waals surface area contributed by atoms with Gasteiger partial charge in [0, 0.05) is 26.0 Å². The first-order valence-electron chi connectivity index (χ1n) is 5.23. The van der Waals surface area contributed by atoms with E-state index in [2.05, 4.69) is 0 Å². The fourth-order valence-corrected chi connectivity index (χ4v) is 2.08. The first-order valence-corrected chi connectivity index (χ1v) is 7.78. The van der Waals surface area contributed by atoms with E-state index in [1.807, 2.05) is 0 Å². The number of carbonyl (C=O) groups is 1. The maximum absolute atomic E-state index is 11.4. The van der Waals surface area contributed by atoms with Crippen LogP contribution in [-0.2, 0) is 25.6 Å². The lowest BCUT2D eigenvalue weighted by molar-refractivity contribution is 0.0526. The number of hydrogen-bond donors (Lipinski definition) is 0. The maximum atomic E-state index is 11.4. The molecule has 18 heavy (non-hydrogen) atoms. The predicted molar refractivity (Wildman–Crippen MR) is 71.3 cm³/mol. The van der Waals surface area contributed by atoms with E-state index in [4.69, 9.17) is 30.1 Å². The highest BCUT2D eigenvalue weighted by molar-refractivity contribution is 8.07. The van der Waals surface area contributed by atoms with Crippen molar-refractivity contribution in [3.05, 3.63) is 29.8 Å². The highest BCUT2D eigenvalue weighted by Gasteiger charge is 2.18. The highest BCUT2D eigenvalue weighted by atomic mass is 32.5. The van der Waals surface area contributed by atoms with Crippen LogP contribution in [0.25, 0.3) is 0 Å².